The lowest BCUT2D eigenvalue weighted by molar-refractivity contribution is -0.148. The lowest BCUT2D eigenvalue weighted by Gasteiger charge is -2.33. The number of anilines is 2. The monoisotopic (exact) mass is 473 g/mol. The molecule has 2 amide bonds. The second-order valence-electron chi connectivity index (χ2n) is 8.96. The standard InChI is InChI=1S/C27H27N3O5/c1-18-16-30(26(32)29-21-6-4-3-5-7-21)22-10-8-19(14-23(22)35-18)20-9-11-24(28-15-20)34-17-27(12-13-27)25(31)33-2/h3-11,14-15,18H,12-13,16-17H2,1-2H3,(H,29,32). The predicted octanol–water partition coefficient (Wildman–Crippen LogP) is 4.90. The van der Waals surface area contributed by atoms with Gasteiger partial charge < -0.3 is 19.5 Å². The van der Waals surface area contributed by atoms with Crippen molar-refractivity contribution in [1.29, 1.82) is 0 Å². The minimum atomic E-state index is -0.527. The Morgan fingerprint density at radius 3 is 2.57 bits per heavy atom. The van der Waals surface area contributed by atoms with E-state index in [-0.39, 0.29) is 24.7 Å². The van der Waals surface area contributed by atoms with Crippen molar-refractivity contribution >= 4 is 23.4 Å². The second kappa shape index (κ2) is 9.29. The third-order valence-corrected chi connectivity index (χ3v) is 6.33. The number of pyridine rings is 1. The Kier molecular flexibility index (Phi) is 6.03. The molecule has 0 saturated heterocycles. The zero-order chi connectivity index (χ0) is 24.4. The van der Waals surface area contributed by atoms with Crippen LogP contribution in [0.5, 0.6) is 11.6 Å². The largest absolute Gasteiger partial charge is 0.487 e. The van der Waals surface area contributed by atoms with E-state index in [9.17, 15) is 9.59 Å². The smallest absolute Gasteiger partial charge is 0.326 e. The Balaban J connectivity index is 1.30. The minimum Gasteiger partial charge on any atom is -0.487 e. The molecule has 3 aromatic rings. The van der Waals surface area contributed by atoms with Crippen LogP contribution in [0.3, 0.4) is 0 Å². The van der Waals surface area contributed by atoms with Gasteiger partial charge in [-0.2, -0.15) is 0 Å². The van der Waals surface area contributed by atoms with E-state index in [1.54, 1.807) is 17.2 Å². The summed E-state index contributed by atoms with van der Waals surface area (Å²) in [6, 6.07) is 18.6. The van der Waals surface area contributed by atoms with E-state index in [0.29, 0.717) is 23.9 Å². The molecular formula is C27H27N3O5. The molecule has 180 valence electrons. The van der Waals surface area contributed by atoms with E-state index in [4.69, 9.17) is 14.2 Å². The summed E-state index contributed by atoms with van der Waals surface area (Å²) in [5.41, 5.74) is 2.72. The molecule has 8 nitrogen and oxygen atoms in total. The molecular weight excluding hydrogens is 446 g/mol. The fourth-order valence-corrected chi connectivity index (χ4v) is 4.15. The topological polar surface area (TPSA) is 90.0 Å². The van der Waals surface area contributed by atoms with E-state index in [1.807, 2.05) is 61.5 Å². The molecule has 0 bridgehead atoms. The summed E-state index contributed by atoms with van der Waals surface area (Å²) in [6.45, 7) is 2.65. The van der Waals surface area contributed by atoms with Crippen LogP contribution < -0.4 is 19.7 Å². The Hall–Kier alpha value is -4.07. The van der Waals surface area contributed by atoms with Crippen LogP contribution >= 0.6 is 0 Å². The number of fused-ring (bicyclic) bond motifs is 1. The molecule has 1 aliphatic carbocycles. The summed E-state index contributed by atoms with van der Waals surface area (Å²) >= 11 is 0. The number of carbonyl (C=O) groups excluding carboxylic acids is 2. The lowest BCUT2D eigenvalue weighted by Crippen LogP contribution is -2.44. The van der Waals surface area contributed by atoms with Crippen molar-refractivity contribution in [2.45, 2.75) is 25.9 Å². The van der Waals surface area contributed by atoms with Crippen LogP contribution in [0.2, 0.25) is 0 Å². The quantitative estimate of drug-likeness (QED) is 0.512. The van der Waals surface area contributed by atoms with Crippen LogP contribution in [0.4, 0.5) is 16.2 Å². The molecule has 35 heavy (non-hydrogen) atoms. The number of carbonyl (C=O) groups is 2. The highest BCUT2D eigenvalue weighted by Crippen LogP contribution is 2.47. The molecule has 8 heteroatoms. The van der Waals surface area contributed by atoms with Gasteiger partial charge in [0, 0.05) is 23.5 Å². The average molecular weight is 474 g/mol. The van der Waals surface area contributed by atoms with Gasteiger partial charge in [0.1, 0.15) is 23.9 Å². The van der Waals surface area contributed by atoms with Crippen molar-refractivity contribution in [3.8, 4) is 22.8 Å². The summed E-state index contributed by atoms with van der Waals surface area (Å²) in [5.74, 6) is 0.859. The van der Waals surface area contributed by atoms with Crippen LogP contribution in [0.1, 0.15) is 19.8 Å². The fraction of sp³-hybridized carbons (Fsp3) is 0.296. The maximum Gasteiger partial charge on any atom is 0.326 e. The third-order valence-electron chi connectivity index (χ3n) is 6.33. The van der Waals surface area contributed by atoms with Crippen LogP contribution in [-0.4, -0.2) is 43.3 Å². The summed E-state index contributed by atoms with van der Waals surface area (Å²) in [7, 11) is 1.40. The van der Waals surface area contributed by atoms with Crippen molar-refractivity contribution in [3.05, 3.63) is 66.9 Å². The number of hydrogen-bond acceptors (Lipinski definition) is 6. The molecule has 1 atom stereocenters. The van der Waals surface area contributed by atoms with Gasteiger partial charge in [0.25, 0.3) is 0 Å². The van der Waals surface area contributed by atoms with Gasteiger partial charge in [-0.05, 0) is 55.7 Å². The molecule has 1 fully saturated rings. The van der Waals surface area contributed by atoms with Gasteiger partial charge in [0.15, 0.2) is 0 Å². The highest BCUT2D eigenvalue weighted by atomic mass is 16.5. The molecule has 1 aliphatic heterocycles. The second-order valence-corrected chi connectivity index (χ2v) is 8.96. The number of esters is 1. The zero-order valence-corrected chi connectivity index (χ0v) is 19.7. The third kappa shape index (κ3) is 4.77. The number of urea groups is 1. The van der Waals surface area contributed by atoms with E-state index in [2.05, 4.69) is 10.3 Å². The molecule has 1 N–H and O–H groups in total. The number of methoxy groups -OCH3 is 1. The van der Waals surface area contributed by atoms with Crippen molar-refractivity contribution in [3.63, 3.8) is 0 Å². The van der Waals surface area contributed by atoms with Gasteiger partial charge in [-0.1, -0.05) is 24.3 Å². The number of hydrogen-bond donors (Lipinski definition) is 1. The summed E-state index contributed by atoms with van der Waals surface area (Å²) in [6.07, 6.45) is 3.11. The van der Waals surface area contributed by atoms with Crippen LogP contribution in [0.25, 0.3) is 11.1 Å². The average Bonchev–Trinajstić information content (AvgIpc) is 3.68. The number of ether oxygens (including phenoxy) is 3. The molecule has 0 spiro atoms. The molecule has 5 rings (SSSR count). The van der Waals surface area contributed by atoms with Gasteiger partial charge in [0.2, 0.25) is 5.88 Å². The first-order chi connectivity index (χ1) is 17.0. The normalized spacial score (nSPS) is 17.5. The molecule has 1 unspecified atom stereocenters. The van der Waals surface area contributed by atoms with Crippen LogP contribution in [0.15, 0.2) is 66.9 Å². The maximum atomic E-state index is 13.0. The first kappa shape index (κ1) is 22.7. The van der Waals surface area contributed by atoms with Crippen LogP contribution in [-0.2, 0) is 9.53 Å². The first-order valence-corrected chi connectivity index (χ1v) is 11.6. The Morgan fingerprint density at radius 1 is 1.11 bits per heavy atom. The van der Waals surface area contributed by atoms with E-state index in [0.717, 1.165) is 29.7 Å². The molecule has 2 heterocycles. The molecule has 1 aromatic heterocycles. The van der Waals surface area contributed by atoms with Crippen molar-refractivity contribution < 1.29 is 23.8 Å². The Morgan fingerprint density at radius 2 is 1.89 bits per heavy atom. The molecule has 2 aliphatic rings. The number of nitrogens with one attached hydrogen (secondary N) is 1. The Bertz CT molecular complexity index is 1230. The molecule has 2 aromatic carbocycles. The number of nitrogens with zero attached hydrogens (tertiary/aromatic N) is 2. The first-order valence-electron chi connectivity index (χ1n) is 11.6. The fourth-order valence-electron chi connectivity index (χ4n) is 4.15. The number of benzene rings is 2. The molecule has 1 saturated carbocycles. The highest BCUT2D eigenvalue weighted by Gasteiger charge is 2.52. The van der Waals surface area contributed by atoms with Crippen LogP contribution in [0, 0.1) is 5.41 Å². The number of amides is 2. The van der Waals surface area contributed by atoms with Gasteiger partial charge in [-0.3, -0.25) is 9.69 Å². The lowest BCUT2D eigenvalue weighted by atomic mass is 10.1. The summed E-state index contributed by atoms with van der Waals surface area (Å²) in [5, 5.41) is 2.94. The number of rotatable bonds is 6. The zero-order valence-electron chi connectivity index (χ0n) is 19.7. The van der Waals surface area contributed by atoms with E-state index in [1.165, 1.54) is 7.11 Å². The number of para-hydroxylation sites is 1. The van der Waals surface area contributed by atoms with E-state index >= 15 is 0 Å². The van der Waals surface area contributed by atoms with Crippen molar-refractivity contribution in [2.24, 2.45) is 5.41 Å². The Labute approximate surface area is 203 Å². The van der Waals surface area contributed by atoms with Crippen molar-refractivity contribution in [1.82, 2.24) is 4.98 Å². The number of aromatic nitrogens is 1. The minimum absolute atomic E-state index is 0.155. The van der Waals surface area contributed by atoms with Gasteiger partial charge in [0.05, 0.1) is 19.3 Å². The highest BCUT2D eigenvalue weighted by molar-refractivity contribution is 6.03. The predicted molar refractivity (Wildman–Crippen MR) is 132 cm³/mol. The summed E-state index contributed by atoms with van der Waals surface area (Å²) < 4.78 is 16.7. The summed E-state index contributed by atoms with van der Waals surface area (Å²) in [4.78, 5) is 31.0. The van der Waals surface area contributed by atoms with Gasteiger partial charge >= 0.3 is 12.0 Å². The van der Waals surface area contributed by atoms with Gasteiger partial charge in [-0.15, -0.1) is 0 Å². The SMILES string of the molecule is COC(=O)C1(COc2ccc(-c3ccc4c(c3)OC(C)CN4C(=O)Nc3ccccc3)cn2)CC1. The van der Waals surface area contributed by atoms with E-state index < -0.39 is 5.41 Å². The molecule has 0 radical (unpaired) electrons. The maximum absolute atomic E-state index is 13.0. The van der Waals surface area contributed by atoms with Gasteiger partial charge in [-0.25, -0.2) is 9.78 Å². The van der Waals surface area contributed by atoms with Crippen molar-refractivity contribution in [2.75, 3.05) is 30.5 Å².